The van der Waals surface area contributed by atoms with Crippen LogP contribution in [0.2, 0.25) is 0 Å². The van der Waals surface area contributed by atoms with Crippen molar-refractivity contribution in [2.24, 2.45) is 0 Å². The van der Waals surface area contributed by atoms with Gasteiger partial charge in [0.25, 0.3) is 5.91 Å². The first kappa shape index (κ1) is 35.3. The van der Waals surface area contributed by atoms with Crippen molar-refractivity contribution in [3.8, 4) is 0 Å². The van der Waals surface area contributed by atoms with E-state index in [0.29, 0.717) is 37.6 Å². The summed E-state index contributed by atoms with van der Waals surface area (Å²) in [5.41, 5.74) is 0.849. The zero-order chi connectivity index (χ0) is 32.1. The Morgan fingerprint density at radius 2 is 1.36 bits per heavy atom. The molecule has 1 aromatic carbocycles. The molecule has 3 aliphatic rings. The monoisotopic (exact) mass is 638 g/mol. The van der Waals surface area contributed by atoms with E-state index in [4.69, 9.17) is 24.5 Å². The van der Waals surface area contributed by atoms with E-state index in [9.17, 15) is 18.0 Å². The third-order valence-electron chi connectivity index (χ3n) is 8.25. The number of benzene rings is 1. The molecule has 44 heavy (non-hydrogen) atoms. The Hall–Kier alpha value is -3.23. The van der Waals surface area contributed by atoms with Crippen LogP contribution in [0.15, 0.2) is 24.3 Å². The number of aliphatic carboxylic acids is 2. The SMILES string of the molecule is CS(=O)(=O)Nc1ccc(C(=O)N(CCN2CCOCC2)CC(=O)N(C2CCCCC2)C2CCCCC2)cc1.O=C(O)C(=O)O. The lowest BCUT2D eigenvalue weighted by molar-refractivity contribution is -0.159. The molecule has 3 N–H and O–H groups in total. The van der Waals surface area contributed by atoms with Crippen LogP contribution in [0.5, 0.6) is 0 Å². The molecule has 2 amide bonds. The Morgan fingerprint density at radius 3 is 1.82 bits per heavy atom. The number of morpholine rings is 1. The van der Waals surface area contributed by atoms with E-state index < -0.39 is 22.0 Å². The molecule has 0 unspecified atom stereocenters. The lowest BCUT2D eigenvalue weighted by Gasteiger charge is -2.42. The molecule has 14 heteroatoms. The standard InChI is InChI=1S/C28H44N4O5S.C2H2O4/c1-38(35,36)29-24-14-12-23(13-15-24)28(34)31(17-16-30-18-20-37-21-19-30)22-27(33)32(25-8-4-2-5-9-25)26-10-6-3-7-11-26;3-1(4)2(5)6/h12-15,25-26,29H,2-11,16-22H2,1H3;(H,3,4)(H,5,6). The van der Waals surface area contributed by atoms with Gasteiger partial charge in [0.15, 0.2) is 0 Å². The molecule has 3 fully saturated rings. The number of nitrogens with one attached hydrogen (secondary N) is 1. The van der Waals surface area contributed by atoms with Gasteiger partial charge in [-0.05, 0) is 49.9 Å². The molecule has 0 bridgehead atoms. The molecule has 0 spiro atoms. The molecular formula is C30H46N4O9S. The molecule has 1 aliphatic heterocycles. The van der Waals surface area contributed by atoms with Gasteiger partial charge in [-0.3, -0.25) is 19.2 Å². The third-order valence-corrected chi connectivity index (χ3v) is 8.85. The number of sulfonamides is 1. The van der Waals surface area contributed by atoms with Gasteiger partial charge < -0.3 is 24.7 Å². The quantitative estimate of drug-likeness (QED) is 0.323. The molecular weight excluding hydrogens is 592 g/mol. The van der Waals surface area contributed by atoms with E-state index >= 15 is 0 Å². The van der Waals surface area contributed by atoms with E-state index in [1.165, 1.54) is 12.8 Å². The summed E-state index contributed by atoms with van der Waals surface area (Å²) in [7, 11) is -3.41. The minimum atomic E-state index is -3.41. The maximum atomic E-state index is 14.0. The van der Waals surface area contributed by atoms with Crippen LogP contribution in [0, 0.1) is 0 Å². The Morgan fingerprint density at radius 1 is 0.864 bits per heavy atom. The largest absolute Gasteiger partial charge is 0.473 e. The van der Waals surface area contributed by atoms with Crippen molar-refractivity contribution < 1.29 is 42.5 Å². The van der Waals surface area contributed by atoms with Crippen molar-refractivity contribution in [3.05, 3.63) is 29.8 Å². The summed E-state index contributed by atoms with van der Waals surface area (Å²) in [4.78, 5) is 52.0. The fraction of sp³-hybridized carbons (Fsp3) is 0.667. The Bertz CT molecular complexity index is 1180. The van der Waals surface area contributed by atoms with E-state index in [-0.39, 0.29) is 30.4 Å². The van der Waals surface area contributed by atoms with Gasteiger partial charge in [-0.15, -0.1) is 0 Å². The van der Waals surface area contributed by atoms with Gasteiger partial charge in [-0.1, -0.05) is 38.5 Å². The summed E-state index contributed by atoms with van der Waals surface area (Å²) < 4.78 is 31.0. The van der Waals surface area contributed by atoms with Crippen LogP contribution in [0.1, 0.15) is 74.6 Å². The number of rotatable bonds is 10. The number of carboxylic acids is 2. The number of hydrogen-bond acceptors (Lipinski definition) is 8. The zero-order valence-electron chi connectivity index (χ0n) is 25.5. The molecule has 1 heterocycles. The fourth-order valence-electron chi connectivity index (χ4n) is 6.09. The molecule has 2 saturated carbocycles. The summed E-state index contributed by atoms with van der Waals surface area (Å²) in [6, 6.07) is 6.98. The summed E-state index contributed by atoms with van der Waals surface area (Å²) in [5, 5.41) is 14.8. The fourth-order valence-corrected chi connectivity index (χ4v) is 6.65. The first-order chi connectivity index (χ1) is 20.9. The van der Waals surface area contributed by atoms with Crippen molar-refractivity contribution in [2.75, 3.05) is 56.9 Å². The number of carboxylic acid groups (broad SMARTS) is 2. The number of nitrogens with zero attached hydrogens (tertiary/aromatic N) is 3. The van der Waals surface area contributed by atoms with Crippen LogP contribution in [0.3, 0.4) is 0 Å². The first-order valence-electron chi connectivity index (χ1n) is 15.4. The first-order valence-corrected chi connectivity index (χ1v) is 17.3. The molecule has 4 rings (SSSR count). The maximum Gasteiger partial charge on any atom is 0.414 e. The second-order valence-electron chi connectivity index (χ2n) is 11.6. The van der Waals surface area contributed by atoms with Crippen molar-refractivity contribution >= 4 is 39.5 Å². The summed E-state index contributed by atoms with van der Waals surface area (Å²) in [6.07, 6.45) is 12.4. The minimum absolute atomic E-state index is 0.0643. The van der Waals surface area contributed by atoms with Gasteiger partial charge in [0, 0.05) is 49.5 Å². The summed E-state index contributed by atoms with van der Waals surface area (Å²) >= 11 is 0. The number of amides is 2. The molecule has 0 atom stereocenters. The lowest BCUT2D eigenvalue weighted by Crippen LogP contribution is -2.53. The number of carbonyl (C=O) groups is 4. The van der Waals surface area contributed by atoms with Crippen LogP contribution in [0.25, 0.3) is 0 Å². The molecule has 246 valence electrons. The third kappa shape index (κ3) is 11.7. The highest BCUT2D eigenvalue weighted by atomic mass is 32.2. The van der Waals surface area contributed by atoms with Gasteiger partial charge in [-0.25, -0.2) is 18.0 Å². The van der Waals surface area contributed by atoms with Gasteiger partial charge in [0.1, 0.15) is 6.54 Å². The van der Waals surface area contributed by atoms with Crippen molar-refractivity contribution in [2.45, 2.75) is 76.3 Å². The van der Waals surface area contributed by atoms with E-state index in [1.54, 1.807) is 29.2 Å². The summed E-state index contributed by atoms with van der Waals surface area (Å²) in [5.74, 6) is -3.79. The molecule has 2 aliphatic carbocycles. The van der Waals surface area contributed by atoms with E-state index in [0.717, 1.165) is 70.7 Å². The predicted octanol–water partition coefficient (Wildman–Crippen LogP) is 2.48. The van der Waals surface area contributed by atoms with Gasteiger partial charge >= 0.3 is 11.9 Å². The maximum absolute atomic E-state index is 14.0. The Balaban J connectivity index is 0.000000801. The topological polar surface area (TPSA) is 174 Å². The normalized spacial score (nSPS) is 18.4. The van der Waals surface area contributed by atoms with Crippen molar-refractivity contribution in [1.82, 2.24) is 14.7 Å². The van der Waals surface area contributed by atoms with Crippen molar-refractivity contribution in [1.29, 1.82) is 0 Å². The number of anilines is 1. The Labute approximate surface area is 259 Å². The lowest BCUT2D eigenvalue weighted by atomic mass is 9.88. The smallest absolute Gasteiger partial charge is 0.414 e. The van der Waals surface area contributed by atoms with Crippen LogP contribution in [-0.4, -0.2) is 121 Å². The van der Waals surface area contributed by atoms with Crippen LogP contribution < -0.4 is 4.72 Å². The van der Waals surface area contributed by atoms with Gasteiger partial charge in [-0.2, -0.15) is 0 Å². The predicted molar refractivity (Wildman–Crippen MR) is 164 cm³/mol. The van der Waals surface area contributed by atoms with Crippen LogP contribution in [-0.2, 0) is 29.1 Å². The molecule has 0 radical (unpaired) electrons. The molecule has 13 nitrogen and oxygen atoms in total. The van der Waals surface area contributed by atoms with Crippen LogP contribution >= 0.6 is 0 Å². The second-order valence-corrected chi connectivity index (χ2v) is 13.4. The van der Waals surface area contributed by atoms with Crippen LogP contribution in [0.4, 0.5) is 5.69 Å². The van der Waals surface area contributed by atoms with Crippen molar-refractivity contribution in [3.63, 3.8) is 0 Å². The molecule has 1 aromatic rings. The number of carbonyl (C=O) groups excluding carboxylic acids is 2. The Kier molecular flexibility index (Phi) is 13.9. The highest BCUT2D eigenvalue weighted by Crippen LogP contribution is 2.30. The second kappa shape index (κ2) is 17.3. The molecule has 1 saturated heterocycles. The minimum Gasteiger partial charge on any atom is -0.473 e. The molecule has 0 aromatic heterocycles. The van der Waals surface area contributed by atoms with E-state index in [1.807, 2.05) is 0 Å². The zero-order valence-corrected chi connectivity index (χ0v) is 26.3. The van der Waals surface area contributed by atoms with E-state index in [2.05, 4.69) is 14.5 Å². The summed E-state index contributed by atoms with van der Waals surface area (Å²) in [6.45, 7) is 4.20. The van der Waals surface area contributed by atoms with Gasteiger partial charge in [0.05, 0.1) is 19.5 Å². The highest BCUT2D eigenvalue weighted by Gasteiger charge is 2.34. The highest BCUT2D eigenvalue weighted by molar-refractivity contribution is 7.92. The number of ether oxygens (including phenoxy) is 1. The average Bonchev–Trinajstić information content (AvgIpc) is 3.00. The number of hydrogen-bond donors (Lipinski definition) is 3. The van der Waals surface area contributed by atoms with Gasteiger partial charge in [0.2, 0.25) is 15.9 Å². The average molecular weight is 639 g/mol.